The van der Waals surface area contributed by atoms with Crippen molar-refractivity contribution in [2.45, 2.75) is 25.4 Å². The highest BCUT2D eigenvalue weighted by atomic mass is 16.3. The minimum atomic E-state index is -0.0957. The summed E-state index contributed by atoms with van der Waals surface area (Å²) < 4.78 is 9.03. The molecular weight excluding hydrogens is 330 g/mol. The number of benzene rings is 1. The van der Waals surface area contributed by atoms with E-state index < -0.39 is 0 Å². The average Bonchev–Trinajstić information content (AvgIpc) is 3.24. The molecule has 1 aromatic carbocycles. The zero-order valence-electron chi connectivity index (χ0n) is 14.3. The van der Waals surface area contributed by atoms with Crippen LogP contribution in [0.5, 0.6) is 0 Å². The van der Waals surface area contributed by atoms with Crippen LogP contribution in [0.15, 0.2) is 57.9 Å². The number of likely N-dealkylation sites (tertiary alicyclic amines) is 1. The summed E-state index contributed by atoms with van der Waals surface area (Å²) in [5.41, 5.74) is 2.35. The standard InChI is InChI=1S/C19H19N5O2/c25-19-23-10-4-3-7-17(23)21-24(19)13-22-11-8-14(9-12-22)18-20-15-5-1-2-6-16(15)26-18/h1-7,10,14H,8-9,11-13H2. The maximum Gasteiger partial charge on any atom is 0.351 e. The van der Waals surface area contributed by atoms with Gasteiger partial charge in [-0.25, -0.2) is 9.78 Å². The molecular formula is C19H19N5O2. The lowest BCUT2D eigenvalue weighted by Crippen LogP contribution is -2.38. The van der Waals surface area contributed by atoms with Gasteiger partial charge < -0.3 is 4.42 Å². The molecule has 0 spiro atoms. The molecule has 0 bridgehead atoms. The molecule has 1 aliphatic heterocycles. The molecule has 132 valence electrons. The van der Waals surface area contributed by atoms with Crippen molar-refractivity contribution in [1.82, 2.24) is 24.1 Å². The summed E-state index contributed by atoms with van der Waals surface area (Å²) in [6, 6.07) is 13.4. The maximum absolute atomic E-state index is 12.4. The second kappa shape index (κ2) is 6.10. The largest absolute Gasteiger partial charge is 0.440 e. The molecule has 3 aromatic heterocycles. The summed E-state index contributed by atoms with van der Waals surface area (Å²) in [4.78, 5) is 19.3. The number of hydrogen-bond donors (Lipinski definition) is 0. The van der Waals surface area contributed by atoms with Crippen molar-refractivity contribution in [2.24, 2.45) is 0 Å². The molecule has 0 radical (unpaired) electrons. The summed E-state index contributed by atoms with van der Waals surface area (Å²) in [7, 11) is 0. The first-order valence-corrected chi connectivity index (χ1v) is 8.90. The first-order chi connectivity index (χ1) is 12.8. The third-order valence-electron chi connectivity index (χ3n) is 5.07. The van der Waals surface area contributed by atoms with Gasteiger partial charge in [0, 0.05) is 25.2 Å². The lowest BCUT2D eigenvalue weighted by atomic mass is 9.97. The van der Waals surface area contributed by atoms with Gasteiger partial charge in [0.05, 0.1) is 6.67 Å². The second-order valence-corrected chi connectivity index (χ2v) is 6.76. The molecule has 7 heteroatoms. The molecule has 0 atom stereocenters. The van der Waals surface area contributed by atoms with Crippen LogP contribution in [0.3, 0.4) is 0 Å². The molecule has 7 nitrogen and oxygen atoms in total. The van der Waals surface area contributed by atoms with Crippen LogP contribution in [-0.2, 0) is 6.67 Å². The van der Waals surface area contributed by atoms with E-state index in [1.165, 1.54) is 4.68 Å². The molecule has 1 aliphatic rings. The third kappa shape index (κ3) is 2.61. The Balaban J connectivity index is 1.29. The average molecular weight is 349 g/mol. The van der Waals surface area contributed by atoms with Gasteiger partial charge in [-0.1, -0.05) is 18.2 Å². The summed E-state index contributed by atoms with van der Waals surface area (Å²) in [5, 5.41) is 4.41. The van der Waals surface area contributed by atoms with Crippen molar-refractivity contribution in [3.63, 3.8) is 0 Å². The number of pyridine rings is 1. The number of rotatable bonds is 3. The number of hydrogen-bond acceptors (Lipinski definition) is 5. The van der Waals surface area contributed by atoms with Gasteiger partial charge in [-0.2, -0.15) is 4.68 Å². The van der Waals surface area contributed by atoms with E-state index in [0.717, 1.165) is 42.9 Å². The van der Waals surface area contributed by atoms with E-state index in [-0.39, 0.29) is 5.69 Å². The lowest BCUT2D eigenvalue weighted by Gasteiger charge is -2.29. The molecule has 1 saturated heterocycles. The quantitative estimate of drug-likeness (QED) is 0.568. The second-order valence-electron chi connectivity index (χ2n) is 6.76. The van der Waals surface area contributed by atoms with Crippen molar-refractivity contribution in [2.75, 3.05) is 13.1 Å². The molecule has 4 aromatic rings. The predicted molar refractivity (Wildman–Crippen MR) is 97.0 cm³/mol. The first kappa shape index (κ1) is 15.3. The molecule has 4 heterocycles. The lowest BCUT2D eigenvalue weighted by molar-refractivity contribution is 0.152. The fourth-order valence-electron chi connectivity index (χ4n) is 3.64. The van der Waals surface area contributed by atoms with Crippen LogP contribution in [0.4, 0.5) is 0 Å². The summed E-state index contributed by atoms with van der Waals surface area (Å²) in [6.07, 6.45) is 3.69. The van der Waals surface area contributed by atoms with Gasteiger partial charge in [-0.05, 0) is 37.1 Å². The number of aromatic nitrogens is 4. The predicted octanol–water partition coefficient (Wildman–Crippen LogP) is 2.47. The zero-order chi connectivity index (χ0) is 17.5. The fraction of sp³-hybridized carbons (Fsp3) is 0.316. The van der Waals surface area contributed by atoms with E-state index in [2.05, 4.69) is 15.0 Å². The Morgan fingerprint density at radius 3 is 2.69 bits per heavy atom. The van der Waals surface area contributed by atoms with Gasteiger partial charge in [-0.15, -0.1) is 5.10 Å². The van der Waals surface area contributed by atoms with E-state index in [4.69, 9.17) is 4.42 Å². The molecule has 26 heavy (non-hydrogen) atoms. The van der Waals surface area contributed by atoms with Crippen LogP contribution in [0.25, 0.3) is 16.7 Å². The van der Waals surface area contributed by atoms with Crippen molar-refractivity contribution >= 4 is 16.7 Å². The number of para-hydroxylation sites is 2. The normalized spacial score (nSPS) is 16.6. The van der Waals surface area contributed by atoms with E-state index in [9.17, 15) is 4.79 Å². The highest BCUT2D eigenvalue weighted by Gasteiger charge is 2.25. The Hall–Kier alpha value is -2.93. The highest BCUT2D eigenvalue weighted by molar-refractivity contribution is 5.72. The van der Waals surface area contributed by atoms with Gasteiger partial charge in [0.15, 0.2) is 17.1 Å². The molecule has 0 aliphatic carbocycles. The topological polar surface area (TPSA) is 68.6 Å². The third-order valence-corrected chi connectivity index (χ3v) is 5.07. The van der Waals surface area contributed by atoms with Gasteiger partial charge >= 0.3 is 5.69 Å². The minimum absolute atomic E-state index is 0.0957. The van der Waals surface area contributed by atoms with Crippen LogP contribution < -0.4 is 5.69 Å². The molecule has 5 rings (SSSR count). The van der Waals surface area contributed by atoms with E-state index in [0.29, 0.717) is 18.2 Å². The van der Waals surface area contributed by atoms with Gasteiger partial charge in [0.2, 0.25) is 0 Å². The van der Waals surface area contributed by atoms with Gasteiger partial charge in [0.1, 0.15) is 5.52 Å². The van der Waals surface area contributed by atoms with Crippen molar-refractivity contribution in [3.8, 4) is 0 Å². The van der Waals surface area contributed by atoms with Crippen molar-refractivity contribution < 1.29 is 4.42 Å². The number of piperidine rings is 1. The monoisotopic (exact) mass is 349 g/mol. The zero-order valence-corrected chi connectivity index (χ0v) is 14.3. The fourth-order valence-corrected chi connectivity index (χ4v) is 3.64. The smallest absolute Gasteiger partial charge is 0.351 e. The number of oxazole rings is 1. The van der Waals surface area contributed by atoms with Crippen molar-refractivity contribution in [3.05, 3.63) is 65.0 Å². The summed E-state index contributed by atoms with van der Waals surface area (Å²) in [6.45, 7) is 2.30. The van der Waals surface area contributed by atoms with Crippen LogP contribution in [0, 0.1) is 0 Å². The minimum Gasteiger partial charge on any atom is -0.440 e. The van der Waals surface area contributed by atoms with E-state index in [1.807, 2.05) is 42.5 Å². The Bertz CT molecular complexity index is 1080. The van der Waals surface area contributed by atoms with Crippen molar-refractivity contribution in [1.29, 1.82) is 0 Å². The molecule has 0 N–H and O–H groups in total. The molecule has 0 amide bonds. The number of fused-ring (bicyclic) bond motifs is 2. The maximum atomic E-state index is 12.4. The van der Waals surface area contributed by atoms with Crippen LogP contribution in [0.2, 0.25) is 0 Å². The van der Waals surface area contributed by atoms with Crippen LogP contribution in [0.1, 0.15) is 24.7 Å². The van der Waals surface area contributed by atoms with E-state index >= 15 is 0 Å². The number of nitrogens with zero attached hydrogens (tertiary/aromatic N) is 5. The van der Waals surface area contributed by atoms with Crippen LogP contribution >= 0.6 is 0 Å². The Kier molecular flexibility index (Phi) is 3.60. The Labute approximate surface area is 149 Å². The van der Waals surface area contributed by atoms with Crippen LogP contribution in [-0.4, -0.2) is 37.2 Å². The molecule has 0 unspecified atom stereocenters. The highest BCUT2D eigenvalue weighted by Crippen LogP contribution is 2.29. The summed E-state index contributed by atoms with van der Waals surface area (Å²) >= 11 is 0. The Morgan fingerprint density at radius 2 is 1.88 bits per heavy atom. The molecule has 1 fully saturated rings. The SMILES string of the molecule is O=c1n(CN2CCC(c3nc4ccccc4o3)CC2)nc2ccccn12. The van der Waals surface area contributed by atoms with E-state index in [1.54, 1.807) is 10.6 Å². The summed E-state index contributed by atoms with van der Waals surface area (Å²) in [5.74, 6) is 1.16. The van der Waals surface area contributed by atoms with Gasteiger partial charge in [-0.3, -0.25) is 9.30 Å². The Morgan fingerprint density at radius 1 is 1.08 bits per heavy atom. The first-order valence-electron chi connectivity index (χ1n) is 8.90. The molecule has 0 saturated carbocycles. The van der Waals surface area contributed by atoms with Gasteiger partial charge in [0.25, 0.3) is 0 Å².